The molecule has 0 radical (unpaired) electrons. The van der Waals surface area contributed by atoms with Gasteiger partial charge in [-0.05, 0) is 49.2 Å². The third-order valence-electron chi connectivity index (χ3n) is 4.93. The first kappa shape index (κ1) is 24.2. The Morgan fingerprint density at radius 1 is 1.21 bits per heavy atom. The Morgan fingerprint density at radius 2 is 1.97 bits per heavy atom. The van der Waals surface area contributed by atoms with Crippen LogP contribution < -0.4 is 4.74 Å². The van der Waals surface area contributed by atoms with Gasteiger partial charge in [-0.15, -0.1) is 12.4 Å². The largest absolute Gasteiger partial charge is 0.491 e. The molecule has 0 aliphatic carbocycles. The highest BCUT2D eigenvalue weighted by Crippen LogP contribution is 2.32. The summed E-state index contributed by atoms with van der Waals surface area (Å²) in [5, 5.41) is 10.7. The molecule has 1 saturated heterocycles. The van der Waals surface area contributed by atoms with Crippen LogP contribution in [0.15, 0.2) is 30.3 Å². The molecule has 0 amide bonds. The number of halogens is 4. The Morgan fingerprint density at radius 3 is 2.69 bits per heavy atom. The Bertz CT molecular complexity index is 837. The van der Waals surface area contributed by atoms with E-state index in [1.165, 1.54) is 17.7 Å². The number of hydrogen-bond donors (Lipinski definition) is 1. The third kappa shape index (κ3) is 6.45. The van der Waals surface area contributed by atoms with E-state index in [-0.39, 0.29) is 30.1 Å². The minimum absolute atomic E-state index is 0. The SMILES string of the molecule is Cc1ccc(OCC(O)CN2CCOC(c3cc(F)c(Cl)cc3Cl)C2)cc1C.Cl. The van der Waals surface area contributed by atoms with E-state index in [4.69, 9.17) is 32.7 Å². The summed E-state index contributed by atoms with van der Waals surface area (Å²) in [5.74, 6) is 0.217. The average Bonchev–Trinajstić information content (AvgIpc) is 2.66. The molecule has 1 aliphatic heterocycles. The predicted molar refractivity (Wildman–Crippen MR) is 116 cm³/mol. The molecule has 29 heavy (non-hydrogen) atoms. The zero-order chi connectivity index (χ0) is 20.3. The molecule has 2 unspecified atom stereocenters. The van der Waals surface area contributed by atoms with E-state index >= 15 is 0 Å². The van der Waals surface area contributed by atoms with Crippen LogP contribution in [-0.4, -0.2) is 49.0 Å². The molecule has 0 bridgehead atoms. The topological polar surface area (TPSA) is 41.9 Å². The molecule has 0 saturated carbocycles. The molecular weight excluding hydrogens is 440 g/mol. The number of aliphatic hydroxyl groups excluding tert-OH is 1. The fourth-order valence-corrected chi connectivity index (χ4v) is 3.69. The Hall–Kier alpha value is -1.08. The molecule has 8 heteroatoms. The molecular formula is C21H25Cl3FNO3. The summed E-state index contributed by atoms with van der Waals surface area (Å²) in [6.07, 6.45) is -1.03. The predicted octanol–water partition coefficient (Wildman–Crippen LogP) is 4.98. The van der Waals surface area contributed by atoms with Gasteiger partial charge >= 0.3 is 0 Å². The van der Waals surface area contributed by atoms with Gasteiger partial charge in [0.25, 0.3) is 0 Å². The molecule has 2 atom stereocenters. The fraction of sp³-hybridized carbons (Fsp3) is 0.429. The van der Waals surface area contributed by atoms with Crippen molar-refractivity contribution in [3.05, 3.63) is 62.9 Å². The summed E-state index contributed by atoms with van der Waals surface area (Å²) in [6.45, 7) is 6.33. The molecule has 3 rings (SSSR count). The van der Waals surface area contributed by atoms with Gasteiger partial charge in [-0.25, -0.2) is 4.39 Å². The van der Waals surface area contributed by atoms with Crippen molar-refractivity contribution in [2.75, 3.05) is 32.8 Å². The lowest BCUT2D eigenvalue weighted by molar-refractivity contribution is -0.0460. The van der Waals surface area contributed by atoms with Gasteiger partial charge in [-0.3, -0.25) is 4.90 Å². The number of nitrogens with zero attached hydrogens (tertiary/aromatic N) is 1. The quantitative estimate of drug-likeness (QED) is 0.612. The second-order valence-electron chi connectivity index (χ2n) is 7.12. The standard InChI is InChI=1S/C21H24Cl2FNO3.ClH/c1-13-3-4-16(7-14(13)2)28-12-15(26)10-25-5-6-27-21(11-25)17-8-20(24)19(23)9-18(17)22;/h3-4,7-9,15,21,26H,5-6,10-12H2,1-2H3;1H. The first-order chi connectivity index (χ1) is 13.3. The van der Waals surface area contributed by atoms with Crippen LogP contribution in [-0.2, 0) is 4.74 Å². The van der Waals surface area contributed by atoms with Crippen molar-refractivity contribution in [2.45, 2.75) is 26.1 Å². The number of aliphatic hydroxyl groups is 1. The summed E-state index contributed by atoms with van der Waals surface area (Å²) in [5.41, 5.74) is 2.91. The van der Waals surface area contributed by atoms with Crippen molar-refractivity contribution in [1.29, 1.82) is 0 Å². The van der Waals surface area contributed by atoms with Crippen molar-refractivity contribution < 1.29 is 19.0 Å². The molecule has 1 heterocycles. The number of β-amino-alcohol motifs (C(OH)–C–C–N with tert-alkyl or cyclic N) is 1. The molecule has 2 aromatic rings. The number of hydrogen-bond acceptors (Lipinski definition) is 4. The van der Waals surface area contributed by atoms with Crippen molar-refractivity contribution in [3.63, 3.8) is 0 Å². The molecule has 0 spiro atoms. The highest BCUT2D eigenvalue weighted by molar-refractivity contribution is 6.35. The summed E-state index contributed by atoms with van der Waals surface area (Å²) in [7, 11) is 0. The van der Waals surface area contributed by atoms with Crippen LogP contribution in [0.5, 0.6) is 5.75 Å². The number of ether oxygens (including phenoxy) is 2. The molecule has 160 valence electrons. The van der Waals surface area contributed by atoms with Crippen molar-refractivity contribution in [3.8, 4) is 5.75 Å². The highest BCUT2D eigenvalue weighted by Gasteiger charge is 2.26. The van der Waals surface area contributed by atoms with Gasteiger partial charge in [-0.1, -0.05) is 29.3 Å². The van der Waals surface area contributed by atoms with Gasteiger partial charge < -0.3 is 14.6 Å². The lowest BCUT2D eigenvalue weighted by Crippen LogP contribution is -2.43. The van der Waals surface area contributed by atoms with Gasteiger partial charge in [-0.2, -0.15) is 0 Å². The second-order valence-corrected chi connectivity index (χ2v) is 7.93. The lowest BCUT2D eigenvalue weighted by atomic mass is 10.1. The maximum atomic E-state index is 13.8. The molecule has 4 nitrogen and oxygen atoms in total. The number of aryl methyl sites for hydroxylation is 2. The first-order valence-corrected chi connectivity index (χ1v) is 9.95. The first-order valence-electron chi connectivity index (χ1n) is 9.20. The van der Waals surface area contributed by atoms with Gasteiger partial charge in [0.05, 0.1) is 17.7 Å². The average molecular weight is 465 g/mol. The number of rotatable bonds is 6. The monoisotopic (exact) mass is 463 g/mol. The van der Waals surface area contributed by atoms with Crippen LogP contribution in [0.25, 0.3) is 0 Å². The van der Waals surface area contributed by atoms with E-state index in [2.05, 4.69) is 4.90 Å². The summed E-state index contributed by atoms with van der Waals surface area (Å²) in [6, 6.07) is 8.57. The second kappa shape index (κ2) is 10.8. The van der Waals surface area contributed by atoms with Gasteiger partial charge in [0.1, 0.15) is 24.3 Å². The minimum atomic E-state index is -0.655. The highest BCUT2D eigenvalue weighted by atomic mass is 35.5. The molecule has 2 aromatic carbocycles. The van der Waals surface area contributed by atoms with Crippen molar-refractivity contribution in [1.82, 2.24) is 4.90 Å². The Labute approximate surface area is 186 Å². The minimum Gasteiger partial charge on any atom is -0.491 e. The third-order valence-corrected chi connectivity index (χ3v) is 5.54. The zero-order valence-corrected chi connectivity index (χ0v) is 18.7. The van der Waals surface area contributed by atoms with Crippen LogP contribution in [0.1, 0.15) is 22.8 Å². The van der Waals surface area contributed by atoms with Crippen LogP contribution >= 0.6 is 35.6 Å². The van der Waals surface area contributed by atoms with Gasteiger partial charge in [0.2, 0.25) is 0 Å². The van der Waals surface area contributed by atoms with Crippen LogP contribution in [0.4, 0.5) is 4.39 Å². The van der Waals surface area contributed by atoms with E-state index in [1.807, 2.05) is 32.0 Å². The van der Waals surface area contributed by atoms with Crippen molar-refractivity contribution in [2.24, 2.45) is 0 Å². The Kier molecular flexibility index (Phi) is 9.01. The van der Waals surface area contributed by atoms with E-state index in [0.717, 1.165) is 11.3 Å². The smallest absolute Gasteiger partial charge is 0.142 e. The normalized spacial score (nSPS) is 18.2. The number of benzene rings is 2. The molecule has 1 fully saturated rings. The van der Waals surface area contributed by atoms with E-state index in [9.17, 15) is 9.50 Å². The van der Waals surface area contributed by atoms with Crippen LogP contribution in [0.3, 0.4) is 0 Å². The fourth-order valence-electron chi connectivity index (χ4n) is 3.19. The Balaban J connectivity index is 0.00000300. The number of morpholine rings is 1. The molecule has 1 aliphatic rings. The van der Waals surface area contributed by atoms with Crippen LogP contribution in [0.2, 0.25) is 10.0 Å². The molecule has 1 N–H and O–H groups in total. The van der Waals surface area contributed by atoms with E-state index in [0.29, 0.717) is 36.8 Å². The lowest BCUT2D eigenvalue weighted by Gasteiger charge is -2.34. The summed E-state index contributed by atoms with van der Waals surface area (Å²) < 4.78 is 25.3. The van der Waals surface area contributed by atoms with E-state index in [1.54, 1.807) is 0 Å². The summed E-state index contributed by atoms with van der Waals surface area (Å²) in [4.78, 5) is 2.06. The van der Waals surface area contributed by atoms with Crippen LogP contribution in [0, 0.1) is 19.7 Å². The maximum absolute atomic E-state index is 13.8. The zero-order valence-electron chi connectivity index (χ0n) is 16.3. The maximum Gasteiger partial charge on any atom is 0.142 e. The van der Waals surface area contributed by atoms with E-state index < -0.39 is 11.9 Å². The van der Waals surface area contributed by atoms with Gasteiger partial charge in [0.15, 0.2) is 0 Å². The van der Waals surface area contributed by atoms with Crippen molar-refractivity contribution >= 4 is 35.6 Å². The molecule has 0 aromatic heterocycles. The summed E-state index contributed by atoms with van der Waals surface area (Å²) >= 11 is 12.0. The van der Waals surface area contributed by atoms with Gasteiger partial charge in [0, 0.05) is 30.2 Å².